The molecule has 0 saturated carbocycles. The van der Waals surface area contributed by atoms with Gasteiger partial charge in [-0.15, -0.1) is 0 Å². The first-order valence-corrected chi connectivity index (χ1v) is 6.66. The maximum Gasteiger partial charge on any atom is 0.282 e. The van der Waals surface area contributed by atoms with Crippen LogP contribution in [-0.4, -0.2) is 10.8 Å². The highest BCUT2D eigenvalue weighted by atomic mass is 127. The Hall–Kier alpha value is -2.16. The van der Waals surface area contributed by atoms with Crippen molar-refractivity contribution in [1.82, 2.24) is 0 Å². The fraction of sp³-hybridized carbons (Fsp3) is 0. The standard InChI is InChI=1S/C13H10IN3O3/c14-8-1-4-10(5-2-8)16-13(18)11-7-9(15)3-6-12(11)17(19)20/h1-7H,15H2,(H,16,18). The maximum atomic E-state index is 12.1. The summed E-state index contributed by atoms with van der Waals surface area (Å²) in [6.45, 7) is 0. The Balaban J connectivity index is 2.31. The Morgan fingerprint density at radius 2 is 1.85 bits per heavy atom. The molecule has 0 radical (unpaired) electrons. The molecule has 2 rings (SSSR count). The zero-order chi connectivity index (χ0) is 14.7. The third-order valence-corrected chi connectivity index (χ3v) is 3.28. The van der Waals surface area contributed by atoms with Crippen LogP contribution in [0.5, 0.6) is 0 Å². The summed E-state index contributed by atoms with van der Waals surface area (Å²) in [5.74, 6) is -0.565. The van der Waals surface area contributed by atoms with E-state index < -0.39 is 10.8 Å². The Morgan fingerprint density at radius 1 is 1.20 bits per heavy atom. The van der Waals surface area contributed by atoms with Crippen LogP contribution in [0.3, 0.4) is 0 Å². The van der Waals surface area contributed by atoms with Crippen LogP contribution in [0.15, 0.2) is 42.5 Å². The number of hydrogen-bond donors (Lipinski definition) is 2. The van der Waals surface area contributed by atoms with Crippen LogP contribution >= 0.6 is 22.6 Å². The molecule has 0 fully saturated rings. The van der Waals surface area contributed by atoms with E-state index in [0.29, 0.717) is 11.4 Å². The fourth-order valence-corrected chi connectivity index (χ4v) is 1.99. The topological polar surface area (TPSA) is 98.3 Å². The van der Waals surface area contributed by atoms with Crippen LogP contribution in [0.2, 0.25) is 0 Å². The van der Waals surface area contributed by atoms with Gasteiger partial charge >= 0.3 is 0 Å². The second-order valence-corrected chi connectivity index (χ2v) is 5.24. The lowest BCUT2D eigenvalue weighted by Crippen LogP contribution is -2.14. The molecule has 0 atom stereocenters. The van der Waals surface area contributed by atoms with Gasteiger partial charge in [0, 0.05) is 21.0 Å². The largest absolute Gasteiger partial charge is 0.399 e. The zero-order valence-corrected chi connectivity index (χ0v) is 12.3. The van der Waals surface area contributed by atoms with Crippen LogP contribution < -0.4 is 11.1 Å². The Kier molecular flexibility index (Phi) is 4.18. The average molecular weight is 383 g/mol. The molecule has 1 amide bonds. The Labute approximate surface area is 128 Å². The summed E-state index contributed by atoms with van der Waals surface area (Å²) in [5, 5.41) is 13.5. The van der Waals surface area contributed by atoms with E-state index >= 15 is 0 Å². The normalized spacial score (nSPS) is 10.1. The van der Waals surface area contributed by atoms with Crippen LogP contribution in [0.25, 0.3) is 0 Å². The van der Waals surface area contributed by atoms with Gasteiger partial charge in [0.05, 0.1) is 4.92 Å². The molecule has 6 nitrogen and oxygen atoms in total. The molecule has 0 aromatic heterocycles. The van der Waals surface area contributed by atoms with E-state index in [0.717, 1.165) is 3.57 Å². The predicted octanol–water partition coefficient (Wildman–Crippen LogP) is 3.03. The maximum absolute atomic E-state index is 12.1. The van der Waals surface area contributed by atoms with E-state index in [1.165, 1.54) is 18.2 Å². The molecule has 0 aliphatic rings. The highest BCUT2D eigenvalue weighted by Crippen LogP contribution is 2.22. The van der Waals surface area contributed by atoms with Gasteiger partial charge in [-0.2, -0.15) is 0 Å². The summed E-state index contributed by atoms with van der Waals surface area (Å²) in [5.41, 5.74) is 6.09. The number of nitrogen functional groups attached to an aromatic ring is 1. The number of nitrogens with zero attached hydrogens (tertiary/aromatic N) is 1. The molecule has 2 aromatic rings. The monoisotopic (exact) mass is 383 g/mol. The number of carbonyl (C=O) groups is 1. The lowest BCUT2D eigenvalue weighted by atomic mass is 10.1. The van der Waals surface area contributed by atoms with Gasteiger partial charge in [0.1, 0.15) is 5.56 Å². The summed E-state index contributed by atoms with van der Waals surface area (Å²) in [7, 11) is 0. The first-order chi connectivity index (χ1) is 9.47. The molecular formula is C13H10IN3O3. The average Bonchev–Trinajstić information content (AvgIpc) is 2.41. The fourth-order valence-electron chi connectivity index (χ4n) is 1.63. The first kappa shape index (κ1) is 14.3. The predicted molar refractivity (Wildman–Crippen MR) is 84.6 cm³/mol. The van der Waals surface area contributed by atoms with Crippen molar-refractivity contribution in [3.05, 3.63) is 61.7 Å². The van der Waals surface area contributed by atoms with Crippen molar-refractivity contribution in [2.24, 2.45) is 0 Å². The van der Waals surface area contributed by atoms with Gasteiger partial charge in [0.25, 0.3) is 11.6 Å². The van der Waals surface area contributed by atoms with Crippen LogP contribution in [-0.2, 0) is 0 Å². The third kappa shape index (κ3) is 3.23. The molecule has 0 aliphatic carbocycles. The van der Waals surface area contributed by atoms with Gasteiger partial charge < -0.3 is 11.1 Å². The van der Waals surface area contributed by atoms with Gasteiger partial charge in [-0.3, -0.25) is 14.9 Å². The number of nitro benzene ring substituents is 1. The van der Waals surface area contributed by atoms with Crippen molar-refractivity contribution in [3.63, 3.8) is 0 Å². The summed E-state index contributed by atoms with van der Waals surface area (Å²) >= 11 is 2.14. The van der Waals surface area contributed by atoms with Gasteiger partial charge in [-0.25, -0.2) is 0 Å². The number of anilines is 2. The number of halogens is 1. The Bertz CT molecular complexity index is 671. The number of nitrogens with one attached hydrogen (secondary N) is 1. The van der Waals surface area contributed by atoms with Gasteiger partial charge in [-0.1, -0.05) is 0 Å². The number of nitro groups is 1. The van der Waals surface area contributed by atoms with Crippen LogP contribution in [0.1, 0.15) is 10.4 Å². The minimum Gasteiger partial charge on any atom is -0.399 e. The van der Waals surface area contributed by atoms with Crippen molar-refractivity contribution in [3.8, 4) is 0 Å². The SMILES string of the molecule is Nc1ccc([N+](=O)[O-])c(C(=O)Nc2ccc(I)cc2)c1. The van der Waals surface area contributed by atoms with Crippen molar-refractivity contribution in [2.45, 2.75) is 0 Å². The van der Waals surface area contributed by atoms with E-state index in [2.05, 4.69) is 27.9 Å². The smallest absolute Gasteiger partial charge is 0.282 e. The highest BCUT2D eigenvalue weighted by Gasteiger charge is 2.20. The highest BCUT2D eigenvalue weighted by molar-refractivity contribution is 14.1. The molecule has 0 bridgehead atoms. The number of carbonyl (C=O) groups excluding carboxylic acids is 1. The summed E-state index contributed by atoms with van der Waals surface area (Å²) in [6, 6.07) is 11.0. The summed E-state index contributed by atoms with van der Waals surface area (Å²) in [6.07, 6.45) is 0. The Morgan fingerprint density at radius 3 is 2.45 bits per heavy atom. The molecule has 0 aliphatic heterocycles. The van der Waals surface area contributed by atoms with Gasteiger partial charge in [-0.05, 0) is 59.0 Å². The minimum atomic E-state index is -0.609. The van der Waals surface area contributed by atoms with E-state index in [4.69, 9.17) is 5.73 Å². The van der Waals surface area contributed by atoms with Crippen molar-refractivity contribution in [2.75, 3.05) is 11.1 Å². The van der Waals surface area contributed by atoms with Gasteiger partial charge in [0.15, 0.2) is 0 Å². The summed E-state index contributed by atoms with van der Waals surface area (Å²) < 4.78 is 1.02. The molecule has 2 aromatic carbocycles. The molecule has 0 heterocycles. The molecule has 0 spiro atoms. The lowest BCUT2D eigenvalue weighted by Gasteiger charge is -2.06. The summed E-state index contributed by atoms with van der Waals surface area (Å²) in [4.78, 5) is 22.4. The van der Waals surface area contributed by atoms with Crippen LogP contribution in [0.4, 0.5) is 17.1 Å². The lowest BCUT2D eigenvalue weighted by molar-refractivity contribution is -0.385. The van der Waals surface area contributed by atoms with Gasteiger partial charge in [0.2, 0.25) is 0 Å². The quantitative estimate of drug-likeness (QED) is 0.368. The van der Waals surface area contributed by atoms with Crippen molar-refractivity contribution >= 4 is 45.6 Å². The molecule has 20 heavy (non-hydrogen) atoms. The van der Waals surface area contributed by atoms with E-state index in [9.17, 15) is 14.9 Å². The zero-order valence-electron chi connectivity index (χ0n) is 10.2. The molecule has 3 N–H and O–H groups in total. The minimum absolute atomic E-state index is 0.0615. The van der Waals surface area contributed by atoms with Crippen molar-refractivity contribution < 1.29 is 9.72 Å². The number of amides is 1. The molecular weight excluding hydrogens is 373 g/mol. The first-order valence-electron chi connectivity index (χ1n) is 5.58. The molecule has 0 saturated heterocycles. The number of rotatable bonds is 3. The second-order valence-electron chi connectivity index (χ2n) is 3.99. The molecule has 0 unspecified atom stereocenters. The number of hydrogen-bond acceptors (Lipinski definition) is 4. The van der Waals surface area contributed by atoms with E-state index in [-0.39, 0.29) is 11.3 Å². The van der Waals surface area contributed by atoms with E-state index in [1.54, 1.807) is 12.1 Å². The van der Waals surface area contributed by atoms with Crippen LogP contribution in [0, 0.1) is 13.7 Å². The second kappa shape index (κ2) is 5.87. The van der Waals surface area contributed by atoms with E-state index in [1.807, 2.05) is 12.1 Å². The third-order valence-electron chi connectivity index (χ3n) is 2.56. The van der Waals surface area contributed by atoms with Crippen molar-refractivity contribution in [1.29, 1.82) is 0 Å². The molecule has 102 valence electrons. The number of nitrogens with two attached hydrogens (primary N) is 1. The number of benzene rings is 2. The molecule has 7 heteroatoms.